The third kappa shape index (κ3) is 27.3. The van der Waals surface area contributed by atoms with Crippen LogP contribution in [0.1, 0.15) is 223 Å². The van der Waals surface area contributed by atoms with Gasteiger partial charge in [-0.1, -0.05) is 173 Å². The predicted octanol–water partition coefficient (Wildman–Crippen LogP) is 12.9. The van der Waals surface area contributed by atoms with Gasteiger partial charge >= 0.3 is 12.0 Å². The van der Waals surface area contributed by atoms with Gasteiger partial charge in [0.15, 0.2) is 5.82 Å². The van der Waals surface area contributed by atoms with Gasteiger partial charge in [0.1, 0.15) is 5.69 Å². The summed E-state index contributed by atoms with van der Waals surface area (Å²) < 4.78 is 10.8. The number of ether oxygens (including phenoxy) is 2. The SMILES string of the molecule is CCCCCCCCCCCCN(C)CCCN(C)CCCN(CCCCCCCCCCCC)CCCCCC(=O)Nc1nc(OCCCC)nc2c1NC(=O)C2Cc1cccc(CC(=O)OC)c1. The summed E-state index contributed by atoms with van der Waals surface area (Å²) in [4.78, 5) is 55.8. The smallest absolute Gasteiger partial charge is 0.318 e. The zero-order valence-corrected chi connectivity index (χ0v) is 45.5. The van der Waals surface area contributed by atoms with E-state index in [-0.39, 0.29) is 36.0 Å². The van der Waals surface area contributed by atoms with Crippen LogP contribution in [0.15, 0.2) is 24.3 Å². The molecule has 0 aliphatic carbocycles. The average Bonchev–Trinajstić information content (AvgIpc) is 3.66. The first-order valence-corrected chi connectivity index (χ1v) is 28.6. The number of nitrogens with one attached hydrogen (secondary N) is 2. The van der Waals surface area contributed by atoms with E-state index in [0.29, 0.717) is 30.8 Å². The number of unbranched alkanes of at least 4 members (excludes halogenated alkanes) is 21. The van der Waals surface area contributed by atoms with Crippen molar-refractivity contribution in [2.75, 3.05) is 84.3 Å². The van der Waals surface area contributed by atoms with Gasteiger partial charge in [-0.3, -0.25) is 14.4 Å². The third-order valence-electron chi connectivity index (χ3n) is 14.0. The van der Waals surface area contributed by atoms with Crippen LogP contribution in [0.3, 0.4) is 0 Å². The van der Waals surface area contributed by atoms with E-state index in [4.69, 9.17) is 9.47 Å². The number of carbonyl (C=O) groups is 3. The van der Waals surface area contributed by atoms with Gasteiger partial charge in [-0.2, -0.15) is 9.97 Å². The lowest BCUT2D eigenvalue weighted by Gasteiger charge is -2.24. The highest BCUT2D eigenvalue weighted by molar-refractivity contribution is 6.07. The molecule has 1 aromatic heterocycles. The largest absolute Gasteiger partial charge is 0.469 e. The number of hydrogen-bond acceptors (Lipinski definition) is 10. The number of hydrogen-bond donors (Lipinski definition) is 2. The Morgan fingerprint density at radius 1 is 0.614 bits per heavy atom. The molecule has 398 valence electrons. The number of anilines is 2. The Balaban J connectivity index is 1.45. The van der Waals surface area contributed by atoms with Crippen molar-refractivity contribution in [2.24, 2.45) is 0 Å². The van der Waals surface area contributed by atoms with Gasteiger partial charge in [0.2, 0.25) is 11.8 Å². The minimum absolute atomic E-state index is 0.135. The van der Waals surface area contributed by atoms with Gasteiger partial charge in [0.25, 0.3) is 0 Å². The zero-order chi connectivity index (χ0) is 50.4. The van der Waals surface area contributed by atoms with Crippen LogP contribution in [0, 0.1) is 0 Å². The van der Waals surface area contributed by atoms with Gasteiger partial charge < -0.3 is 34.8 Å². The average molecular weight is 976 g/mol. The standard InChI is InChI=1S/C58H101N7O5/c1-7-10-13-15-17-19-21-23-25-29-38-63(4)39-33-40-64(5)41-34-44-65(42-30-26-24-22-20-18-16-14-11-8-2)43-31-27-28-37-52(66)59-56-55-54(61-58(62-56)70-45-12-9-3)51(57(68)60-55)47-49-35-32-36-50(46-49)48-53(67)69-6/h32,35-36,46,51H,7-31,33-34,37-45,47-48H2,1-6H3,(H,60,68)(H,59,61,62,66). The third-order valence-corrected chi connectivity index (χ3v) is 14.0. The lowest BCUT2D eigenvalue weighted by atomic mass is 9.95. The van der Waals surface area contributed by atoms with Crippen LogP contribution in [0.25, 0.3) is 0 Å². The molecule has 1 unspecified atom stereocenters. The molecular weight excluding hydrogens is 875 g/mol. The molecule has 2 aromatic rings. The fourth-order valence-electron chi connectivity index (χ4n) is 9.58. The summed E-state index contributed by atoms with van der Waals surface area (Å²) in [6.45, 7) is 15.1. The van der Waals surface area contributed by atoms with Crippen LogP contribution in [0.5, 0.6) is 6.01 Å². The normalized spacial score (nSPS) is 13.4. The van der Waals surface area contributed by atoms with E-state index < -0.39 is 5.92 Å². The highest BCUT2D eigenvalue weighted by Crippen LogP contribution is 2.39. The number of benzene rings is 1. The number of methoxy groups -OCH3 is 1. The van der Waals surface area contributed by atoms with E-state index in [0.717, 1.165) is 76.0 Å². The number of carbonyl (C=O) groups excluding carboxylic acids is 3. The second-order valence-electron chi connectivity index (χ2n) is 20.5. The van der Waals surface area contributed by atoms with Gasteiger partial charge in [-0.05, 0) is 122 Å². The molecule has 1 atom stereocenters. The molecule has 70 heavy (non-hydrogen) atoms. The summed E-state index contributed by atoms with van der Waals surface area (Å²) in [5.74, 6) is -0.992. The highest BCUT2D eigenvalue weighted by Gasteiger charge is 2.36. The number of esters is 1. The van der Waals surface area contributed by atoms with Gasteiger partial charge in [0.05, 0.1) is 31.7 Å². The molecule has 12 nitrogen and oxygen atoms in total. The van der Waals surface area contributed by atoms with E-state index >= 15 is 0 Å². The van der Waals surface area contributed by atoms with E-state index in [1.807, 2.05) is 24.3 Å². The summed E-state index contributed by atoms with van der Waals surface area (Å²) in [6, 6.07) is 7.76. The minimum Gasteiger partial charge on any atom is -0.469 e. The molecule has 2 heterocycles. The van der Waals surface area contributed by atoms with Crippen molar-refractivity contribution in [1.29, 1.82) is 0 Å². The molecule has 0 spiro atoms. The van der Waals surface area contributed by atoms with Crippen molar-refractivity contribution in [2.45, 2.75) is 219 Å². The molecule has 12 heteroatoms. The molecule has 1 aromatic carbocycles. The molecule has 2 amide bonds. The van der Waals surface area contributed by atoms with Crippen molar-refractivity contribution in [3.63, 3.8) is 0 Å². The fourth-order valence-corrected chi connectivity index (χ4v) is 9.58. The molecule has 1 aliphatic rings. The number of aromatic nitrogens is 2. The zero-order valence-electron chi connectivity index (χ0n) is 45.5. The van der Waals surface area contributed by atoms with Gasteiger partial charge in [0, 0.05) is 6.42 Å². The van der Waals surface area contributed by atoms with Crippen LogP contribution >= 0.6 is 0 Å². The van der Waals surface area contributed by atoms with E-state index in [2.05, 4.69) is 70.2 Å². The van der Waals surface area contributed by atoms with Crippen molar-refractivity contribution in [3.05, 3.63) is 41.1 Å². The maximum absolute atomic E-state index is 13.5. The molecule has 1 aliphatic heterocycles. The van der Waals surface area contributed by atoms with Crippen LogP contribution in [-0.4, -0.2) is 116 Å². The first-order valence-electron chi connectivity index (χ1n) is 28.6. The number of rotatable bonds is 45. The monoisotopic (exact) mass is 976 g/mol. The maximum Gasteiger partial charge on any atom is 0.318 e. The van der Waals surface area contributed by atoms with Crippen molar-refractivity contribution < 1.29 is 23.9 Å². The molecule has 0 saturated carbocycles. The quantitative estimate of drug-likeness (QED) is 0.0489. The van der Waals surface area contributed by atoms with Crippen molar-refractivity contribution >= 4 is 29.3 Å². The van der Waals surface area contributed by atoms with Crippen LogP contribution in [-0.2, 0) is 32.0 Å². The Morgan fingerprint density at radius 2 is 1.10 bits per heavy atom. The summed E-state index contributed by atoms with van der Waals surface area (Å²) in [7, 11) is 5.96. The van der Waals surface area contributed by atoms with Crippen molar-refractivity contribution in [3.8, 4) is 6.01 Å². The molecular formula is C58H101N7O5. The van der Waals surface area contributed by atoms with E-state index in [9.17, 15) is 14.4 Å². The Morgan fingerprint density at radius 3 is 1.67 bits per heavy atom. The number of amides is 2. The second-order valence-corrected chi connectivity index (χ2v) is 20.5. The Kier molecular flexibility index (Phi) is 33.8. The fraction of sp³-hybridized carbons (Fsp3) is 0.776. The van der Waals surface area contributed by atoms with Gasteiger partial charge in [-0.15, -0.1) is 0 Å². The van der Waals surface area contributed by atoms with Crippen LogP contribution < -0.4 is 15.4 Å². The Hall–Kier alpha value is -3.61. The Labute approximate surface area is 427 Å². The summed E-state index contributed by atoms with van der Waals surface area (Å²) >= 11 is 0. The Bertz CT molecular complexity index is 1690. The summed E-state index contributed by atoms with van der Waals surface area (Å²) in [6.07, 6.45) is 35.3. The summed E-state index contributed by atoms with van der Waals surface area (Å²) in [5, 5.41) is 5.96. The first kappa shape index (κ1) is 60.7. The molecule has 3 rings (SSSR count). The topological polar surface area (TPSA) is 129 Å². The first-order chi connectivity index (χ1) is 34.2. The highest BCUT2D eigenvalue weighted by atomic mass is 16.5. The van der Waals surface area contributed by atoms with Gasteiger partial charge in [-0.25, -0.2) is 0 Å². The van der Waals surface area contributed by atoms with E-state index in [1.54, 1.807) is 0 Å². The molecule has 0 radical (unpaired) electrons. The summed E-state index contributed by atoms with van der Waals surface area (Å²) in [5.41, 5.74) is 2.64. The molecule has 2 N–H and O–H groups in total. The number of nitrogens with zero attached hydrogens (tertiary/aromatic N) is 5. The second kappa shape index (κ2) is 39.0. The minimum atomic E-state index is -0.602. The molecule has 0 bridgehead atoms. The molecule has 0 fully saturated rings. The molecule has 0 saturated heterocycles. The lowest BCUT2D eigenvalue weighted by Crippen LogP contribution is -2.31. The lowest BCUT2D eigenvalue weighted by molar-refractivity contribution is -0.139. The van der Waals surface area contributed by atoms with Crippen LogP contribution in [0.4, 0.5) is 11.5 Å². The predicted molar refractivity (Wildman–Crippen MR) is 291 cm³/mol. The number of fused-ring (bicyclic) bond motifs is 1. The van der Waals surface area contributed by atoms with E-state index in [1.165, 1.54) is 161 Å². The van der Waals surface area contributed by atoms with Crippen molar-refractivity contribution in [1.82, 2.24) is 24.7 Å². The van der Waals surface area contributed by atoms with Crippen LogP contribution in [0.2, 0.25) is 0 Å². The maximum atomic E-state index is 13.5.